The molecule has 0 aromatic heterocycles. The molecule has 0 spiro atoms. The van der Waals surface area contributed by atoms with E-state index in [0.717, 1.165) is 12.8 Å². The van der Waals surface area contributed by atoms with Crippen LogP contribution in [0.4, 0.5) is 0 Å². The summed E-state index contributed by atoms with van der Waals surface area (Å²) in [5.74, 6) is 0. The SMILES string of the molecule is CCC[CH2][Sn]([CH2]CCC)([CH2]CCC)[C]1=CCCC1O. The summed E-state index contributed by atoms with van der Waals surface area (Å²) in [6, 6.07) is 0. The van der Waals surface area contributed by atoms with E-state index in [1.54, 1.807) is 3.59 Å². The number of aliphatic hydroxyl groups is 1. The van der Waals surface area contributed by atoms with Gasteiger partial charge in [-0.2, -0.15) is 0 Å². The van der Waals surface area contributed by atoms with Crippen molar-refractivity contribution in [3.63, 3.8) is 0 Å². The van der Waals surface area contributed by atoms with Crippen LogP contribution >= 0.6 is 0 Å². The van der Waals surface area contributed by atoms with Gasteiger partial charge in [0.15, 0.2) is 0 Å². The molecule has 0 aromatic carbocycles. The van der Waals surface area contributed by atoms with Gasteiger partial charge in [-0.05, 0) is 0 Å². The van der Waals surface area contributed by atoms with Gasteiger partial charge in [0.1, 0.15) is 0 Å². The fourth-order valence-corrected chi connectivity index (χ4v) is 21.1. The number of allylic oxidation sites excluding steroid dienone is 1. The summed E-state index contributed by atoms with van der Waals surface area (Å²) in [5.41, 5.74) is 0. The minimum atomic E-state index is -2.25. The molecule has 0 fully saturated rings. The van der Waals surface area contributed by atoms with Gasteiger partial charge in [0.25, 0.3) is 0 Å². The van der Waals surface area contributed by atoms with Crippen LogP contribution in [0.25, 0.3) is 0 Å². The Morgan fingerprint density at radius 2 is 1.47 bits per heavy atom. The molecule has 1 aliphatic rings. The second kappa shape index (κ2) is 9.44. The fraction of sp³-hybridized carbons (Fsp3) is 0.882. The van der Waals surface area contributed by atoms with Crippen LogP contribution in [0, 0.1) is 0 Å². The van der Waals surface area contributed by atoms with E-state index < -0.39 is 18.4 Å². The molecule has 0 bridgehead atoms. The van der Waals surface area contributed by atoms with Crippen molar-refractivity contribution in [1.29, 1.82) is 0 Å². The summed E-state index contributed by atoms with van der Waals surface area (Å²) in [4.78, 5) is 0. The maximum atomic E-state index is 10.4. The van der Waals surface area contributed by atoms with Crippen molar-refractivity contribution in [2.45, 2.75) is 91.6 Å². The number of hydrogen-bond acceptors (Lipinski definition) is 1. The van der Waals surface area contributed by atoms with Gasteiger partial charge in [-0.15, -0.1) is 0 Å². The van der Waals surface area contributed by atoms with E-state index in [2.05, 4.69) is 26.8 Å². The molecule has 1 aliphatic carbocycles. The van der Waals surface area contributed by atoms with Gasteiger partial charge in [0.2, 0.25) is 0 Å². The number of aliphatic hydroxyl groups excluding tert-OH is 1. The molecule has 1 nitrogen and oxygen atoms in total. The quantitative estimate of drug-likeness (QED) is 0.505. The predicted molar refractivity (Wildman–Crippen MR) is 88.2 cm³/mol. The first-order chi connectivity index (χ1) is 9.20. The van der Waals surface area contributed by atoms with Crippen LogP contribution in [0.1, 0.15) is 72.1 Å². The second-order valence-electron chi connectivity index (χ2n) is 6.34. The number of hydrogen-bond donors (Lipinski definition) is 1. The first kappa shape index (κ1) is 17.5. The standard InChI is InChI=1S/C5H7O.3C4H9.Sn/c6-5-3-1-2-4-5;3*1-3-4-2;/h1,5-6H,2,4H2;3*1,3-4H2,2H3;. The van der Waals surface area contributed by atoms with Crippen molar-refractivity contribution in [1.82, 2.24) is 0 Å². The van der Waals surface area contributed by atoms with Crippen LogP contribution in [-0.4, -0.2) is 29.6 Å². The van der Waals surface area contributed by atoms with Crippen LogP contribution in [-0.2, 0) is 0 Å². The first-order valence-corrected chi connectivity index (χ1v) is 16.1. The van der Waals surface area contributed by atoms with Gasteiger partial charge in [-0.3, -0.25) is 0 Å². The van der Waals surface area contributed by atoms with Gasteiger partial charge in [-0.25, -0.2) is 0 Å². The summed E-state index contributed by atoms with van der Waals surface area (Å²) < 4.78 is 6.10. The van der Waals surface area contributed by atoms with Crippen LogP contribution in [0.2, 0.25) is 13.3 Å². The van der Waals surface area contributed by atoms with Gasteiger partial charge in [-0.1, -0.05) is 0 Å². The molecule has 1 atom stereocenters. The van der Waals surface area contributed by atoms with E-state index in [1.807, 2.05) is 0 Å². The van der Waals surface area contributed by atoms with Crippen LogP contribution in [0.3, 0.4) is 0 Å². The van der Waals surface area contributed by atoms with Gasteiger partial charge >= 0.3 is 125 Å². The Labute approximate surface area is 124 Å². The van der Waals surface area contributed by atoms with E-state index in [0.29, 0.717) is 0 Å². The van der Waals surface area contributed by atoms with Crippen LogP contribution < -0.4 is 0 Å². The Morgan fingerprint density at radius 3 is 1.79 bits per heavy atom. The molecule has 19 heavy (non-hydrogen) atoms. The Kier molecular flexibility index (Phi) is 8.72. The zero-order chi connectivity index (χ0) is 14.1. The van der Waals surface area contributed by atoms with Crippen molar-refractivity contribution >= 4 is 18.4 Å². The van der Waals surface area contributed by atoms with Crippen molar-refractivity contribution < 1.29 is 5.11 Å². The maximum absolute atomic E-state index is 10.4. The van der Waals surface area contributed by atoms with Gasteiger partial charge < -0.3 is 0 Å². The van der Waals surface area contributed by atoms with Crippen molar-refractivity contribution in [2.75, 3.05) is 0 Å². The summed E-state index contributed by atoms with van der Waals surface area (Å²) in [5, 5.41) is 10.4. The van der Waals surface area contributed by atoms with E-state index in [4.69, 9.17) is 0 Å². The van der Waals surface area contributed by atoms with E-state index >= 15 is 0 Å². The molecule has 2 heteroatoms. The topological polar surface area (TPSA) is 20.2 Å². The number of unbranched alkanes of at least 4 members (excludes halogenated alkanes) is 3. The van der Waals surface area contributed by atoms with E-state index in [1.165, 1.54) is 51.8 Å². The summed E-state index contributed by atoms with van der Waals surface area (Å²) >= 11 is -2.25. The Hall–Kier alpha value is 0.499. The average Bonchev–Trinajstić information content (AvgIpc) is 2.85. The second-order valence-corrected chi connectivity index (χ2v) is 19.6. The Balaban J connectivity index is 2.87. The summed E-state index contributed by atoms with van der Waals surface area (Å²) in [7, 11) is 0. The average molecular weight is 373 g/mol. The van der Waals surface area contributed by atoms with E-state index in [9.17, 15) is 5.11 Å². The third-order valence-corrected chi connectivity index (χ3v) is 21.1. The zero-order valence-corrected chi connectivity index (χ0v) is 16.2. The summed E-state index contributed by atoms with van der Waals surface area (Å²) in [6.07, 6.45) is 12.7. The normalized spacial score (nSPS) is 19.8. The molecule has 0 saturated heterocycles. The van der Waals surface area contributed by atoms with E-state index in [-0.39, 0.29) is 6.10 Å². The predicted octanol–water partition coefficient (Wildman–Crippen LogP) is 5.46. The minimum absolute atomic E-state index is 0.0543. The first-order valence-electron chi connectivity index (χ1n) is 8.58. The molecular formula is C17H34OSn. The van der Waals surface area contributed by atoms with Gasteiger partial charge in [0, 0.05) is 0 Å². The molecule has 0 aromatic rings. The zero-order valence-electron chi connectivity index (χ0n) is 13.4. The number of rotatable bonds is 10. The molecular weight excluding hydrogens is 339 g/mol. The Morgan fingerprint density at radius 1 is 1.00 bits per heavy atom. The molecule has 1 rings (SSSR count). The monoisotopic (exact) mass is 374 g/mol. The van der Waals surface area contributed by atoms with Crippen LogP contribution in [0.5, 0.6) is 0 Å². The summed E-state index contributed by atoms with van der Waals surface area (Å²) in [6.45, 7) is 6.95. The van der Waals surface area contributed by atoms with Crippen molar-refractivity contribution in [3.05, 3.63) is 9.67 Å². The van der Waals surface area contributed by atoms with Crippen molar-refractivity contribution in [3.8, 4) is 0 Å². The molecule has 0 radical (unpaired) electrons. The Bertz CT molecular complexity index is 251. The molecule has 0 heterocycles. The van der Waals surface area contributed by atoms with Crippen molar-refractivity contribution in [2.24, 2.45) is 0 Å². The molecule has 0 saturated carbocycles. The van der Waals surface area contributed by atoms with Gasteiger partial charge in [0.05, 0.1) is 0 Å². The molecule has 1 unspecified atom stereocenters. The molecule has 0 amide bonds. The fourth-order valence-electron chi connectivity index (χ4n) is 3.61. The third-order valence-electron chi connectivity index (χ3n) is 4.80. The molecule has 0 aliphatic heterocycles. The van der Waals surface area contributed by atoms with Crippen LogP contribution in [0.15, 0.2) is 9.67 Å². The molecule has 1 N–H and O–H groups in total. The molecule has 112 valence electrons. The third kappa shape index (κ3) is 5.08.